The molecular weight excluding hydrogens is 466 g/mol. The SMILES string of the molecule is CCS(=O)(=O)c1nc(S(=O)(=O)c2ccc(C)cc2)c(N2CCN(c3ccccc3)CC2)s1. The van der Waals surface area contributed by atoms with E-state index in [-0.39, 0.29) is 20.0 Å². The van der Waals surface area contributed by atoms with Crippen LogP contribution in [0.15, 0.2) is 68.9 Å². The molecule has 1 fully saturated rings. The van der Waals surface area contributed by atoms with E-state index in [1.54, 1.807) is 12.1 Å². The van der Waals surface area contributed by atoms with E-state index in [9.17, 15) is 16.8 Å². The van der Waals surface area contributed by atoms with Crippen molar-refractivity contribution in [1.82, 2.24) is 4.98 Å². The summed E-state index contributed by atoms with van der Waals surface area (Å²) < 4.78 is 51.8. The minimum absolute atomic E-state index is 0.109. The van der Waals surface area contributed by atoms with Crippen LogP contribution >= 0.6 is 11.3 Å². The molecule has 1 aliphatic rings. The Hall–Kier alpha value is -2.43. The van der Waals surface area contributed by atoms with Gasteiger partial charge in [0.1, 0.15) is 5.00 Å². The summed E-state index contributed by atoms with van der Waals surface area (Å²) in [5, 5.41) is 0.219. The lowest BCUT2D eigenvalue weighted by Gasteiger charge is -2.36. The normalized spacial score (nSPS) is 15.2. The molecule has 0 aliphatic carbocycles. The van der Waals surface area contributed by atoms with E-state index in [1.807, 2.05) is 42.2 Å². The molecule has 1 aromatic heterocycles. The van der Waals surface area contributed by atoms with Crippen LogP contribution in [0.2, 0.25) is 0 Å². The van der Waals surface area contributed by atoms with E-state index in [4.69, 9.17) is 0 Å². The average Bonchev–Trinajstić information content (AvgIpc) is 3.27. The molecule has 0 radical (unpaired) electrons. The van der Waals surface area contributed by atoms with Gasteiger partial charge in [0.25, 0.3) is 0 Å². The maximum atomic E-state index is 13.4. The Balaban J connectivity index is 1.71. The standard InChI is InChI=1S/C22H25N3O4S3/c1-3-31(26,27)22-23-20(32(28,29)19-11-9-17(2)10-12-19)21(30-22)25-15-13-24(14-16-25)18-7-5-4-6-8-18/h4-12H,3,13-16H2,1-2H3. The Morgan fingerprint density at radius 3 is 2.06 bits per heavy atom. The van der Waals surface area contributed by atoms with Gasteiger partial charge in [-0.3, -0.25) is 0 Å². The van der Waals surface area contributed by atoms with Crippen LogP contribution in [0, 0.1) is 6.92 Å². The first-order valence-corrected chi connectivity index (χ1v) is 14.3. The highest BCUT2D eigenvalue weighted by atomic mass is 32.2. The molecule has 7 nitrogen and oxygen atoms in total. The van der Waals surface area contributed by atoms with Crippen molar-refractivity contribution in [2.75, 3.05) is 41.7 Å². The van der Waals surface area contributed by atoms with E-state index in [0.29, 0.717) is 31.2 Å². The Kier molecular flexibility index (Phi) is 6.28. The van der Waals surface area contributed by atoms with Gasteiger partial charge in [0.15, 0.2) is 5.03 Å². The van der Waals surface area contributed by atoms with Crippen molar-refractivity contribution >= 4 is 41.7 Å². The second-order valence-electron chi connectivity index (χ2n) is 7.62. The molecule has 170 valence electrons. The molecule has 0 N–H and O–H groups in total. The first-order valence-electron chi connectivity index (χ1n) is 10.3. The predicted molar refractivity (Wildman–Crippen MR) is 127 cm³/mol. The number of piperazine rings is 1. The maximum Gasteiger partial charge on any atom is 0.226 e. The monoisotopic (exact) mass is 491 g/mol. The number of sulfone groups is 2. The Bertz CT molecular complexity index is 1290. The highest BCUT2D eigenvalue weighted by Gasteiger charge is 2.33. The van der Waals surface area contributed by atoms with Gasteiger partial charge in [-0.15, -0.1) is 0 Å². The van der Waals surface area contributed by atoms with E-state index >= 15 is 0 Å². The van der Waals surface area contributed by atoms with Gasteiger partial charge >= 0.3 is 0 Å². The molecule has 3 aromatic rings. The molecule has 32 heavy (non-hydrogen) atoms. The van der Waals surface area contributed by atoms with Crippen LogP contribution < -0.4 is 9.80 Å². The van der Waals surface area contributed by atoms with Crippen molar-refractivity contribution in [2.24, 2.45) is 0 Å². The molecule has 10 heteroatoms. The van der Waals surface area contributed by atoms with Crippen LogP contribution in [0.1, 0.15) is 12.5 Å². The zero-order valence-corrected chi connectivity index (χ0v) is 20.4. The maximum absolute atomic E-state index is 13.4. The molecular formula is C22H25N3O4S3. The minimum atomic E-state index is -3.97. The Morgan fingerprint density at radius 2 is 1.47 bits per heavy atom. The number of benzene rings is 2. The number of anilines is 2. The fourth-order valence-corrected chi connectivity index (χ4v) is 7.73. The topological polar surface area (TPSA) is 87.6 Å². The number of nitrogens with zero attached hydrogens (tertiary/aromatic N) is 3. The van der Waals surface area contributed by atoms with Crippen molar-refractivity contribution in [3.05, 3.63) is 60.2 Å². The van der Waals surface area contributed by atoms with Crippen molar-refractivity contribution in [2.45, 2.75) is 28.1 Å². The highest BCUT2D eigenvalue weighted by Crippen LogP contribution is 2.38. The molecule has 1 aliphatic heterocycles. The third-order valence-corrected chi connectivity index (χ3v) is 10.6. The largest absolute Gasteiger partial charge is 0.368 e. The lowest BCUT2D eigenvalue weighted by molar-refractivity contribution is 0.588. The lowest BCUT2D eigenvalue weighted by atomic mass is 10.2. The van der Waals surface area contributed by atoms with Crippen molar-refractivity contribution in [1.29, 1.82) is 0 Å². The molecule has 0 amide bonds. The van der Waals surface area contributed by atoms with Crippen LogP contribution in [-0.4, -0.2) is 53.8 Å². The second kappa shape index (κ2) is 8.84. The van der Waals surface area contributed by atoms with E-state index in [2.05, 4.69) is 9.88 Å². The van der Waals surface area contributed by atoms with Gasteiger partial charge in [0.05, 0.1) is 10.6 Å². The van der Waals surface area contributed by atoms with Gasteiger partial charge in [-0.1, -0.05) is 54.2 Å². The third kappa shape index (κ3) is 4.39. The van der Waals surface area contributed by atoms with Crippen molar-refractivity contribution in [3.8, 4) is 0 Å². The highest BCUT2D eigenvalue weighted by molar-refractivity contribution is 7.94. The van der Waals surface area contributed by atoms with Crippen LogP contribution in [0.3, 0.4) is 0 Å². The summed E-state index contributed by atoms with van der Waals surface area (Å²) in [5.41, 5.74) is 2.05. The molecule has 0 saturated carbocycles. The smallest absolute Gasteiger partial charge is 0.226 e. The summed E-state index contributed by atoms with van der Waals surface area (Å²) in [6.07, 6.45) is 0. The molecule has 0 unspecified atom stereocenters. The van der Waals surface area contributed by atoms with Crippen molar-refractivity contribution < 1.29 is 16.8 Å². The number of para-hydroxylation sites is 1. The van der Waals surface area contributed by atoms with Crippen LogP contribution in [-0.2, 0) is 19.7 Å². The van der Waals surface area contributed by atoms with E-state index in [0.717, 1.165) is 22.6 Å². The van der Waals surface area contributed by atoms with E-state index < -0.39 is 19.7 Å². The first kappa shape index (κ1) is 22.8. The number of aromatic nitrogens is 1. The molecule has 4 rings (SSSR count). The van der Waals surface area contributed by atoms with Gasteiger partial charge in [0, 0.05) is 31.9 Å². The molecule has 2 heterocycles. The number of thiazole rings is 1. The zero-order valence-electron chi connectivity index (χ0n) is 17.9. The molecule has 0 bridgehead atoms. The number of hydrogen-bond acceptors (Lipinski definition) is 8. The summed E-state index contributed by atoms with van der Waals surface area (Å²) in [6, 6.07) is 16.5. The summed E-state index contributed by atoms with van der Waals surface area (Å²) in [7, 11) is -7.61. The van der Waals surface area contributed by atoms with Gasteiger partial charge in [-0.25, -0.2) is 21.8 Å². The second-order valence-corrected chi connectivity index (χ2v) is 12.9. The third-order valence-electron chi connectivity index (χ3n) is 5.48. The average molecular weight is 492 g/mol. The number of aryl methyl sites for hydroxylation is 1. The molecule has 0 atom stereocenters. The Labute approximate surface area is 193 Å². The van der Waals surface area contributed by atoms with Crippen LogP contribution in [0.25, 0.3) is 0 Å². The Morgan fingerprint density at radius 1 is 0.875 bits per heavy atom. The van der Waals surface area contributed by atoms with Gasteiger partial charge in [-0.2, -0.15) is 0 Å². The number of rotatable bonds is 6. The summed E-state index contributed by atoms with van der Waals surface area (Å²) in [4.78, 5) is 8.44. The predicted octanol–water partition coefficient (Wildman–Crippen LogP) is 3.40. The molecule has 0 spiro atoms. The number of hydrogen-bond donors (Lipinski definition) is 0. The molecule has 1 saturated heterocycles. The first-order chi connectivity index (χ1) is 15.2. The summed E-state index contributed by atoms with van der Waals surface area (Å²) in [5.74, 6) is -0.133. The van der Waals surface area contributed by atoms with Crippen molar-refractivity contribution in [3.63, 3.8) is 0 Å². The summed E-state index contributed by atoms with van der Waals surface area (Å²) in [6.45, 7) is 5.94. The van der Waals surface area contributed by atoms with Gasteiger partial charge in [0.2, 0.25) is 24.0 Å². The van der Waals surface area contributed by atoms with Gasteiger partial charge < -0.3 is 9.80 Å². The summed E-state index contributed by atoms with van der Waals surface area (Å²) >= 11 is 0.948. The minimum Gasteiger partial charge on any atom is -0.368 e. The quantitative estimate of drug-likeness (QED) is 0.522. The zero-order chi connectivity index (χ0) is 22.9. The van der Waals surface area contributed by atoms with Crippen LogP contribution in [0.4, 0.5) is 10.7 Å². The fraction of sp³-hybridized carbons (Fsp3) is 0.318. The van der Waals surface area contributed by atoms with E-state index in [1.165, 1.54) is 19.1 Å². The van der Waals surface area contributed by atoms with Gasteiger partial charge in [-0.05, 0) is 31.2 Å². The lowest BCUT2D eigenvalue weighted by Crippen LogP contribution is -2.46. The fourth-order valence-electron chi connectivity index (χ4n) is 3.55. The molecule has 2 aromatic carbocycles. The van der Waals surface area contributed by atoms with Crippen LogP contribution in [0.5, 0.6) is 0 Å².